The van der Waals surface area contributed by atoms with E-state index in [1.54, 1.807) is 0 Å². The first-order valence-electron chi connectivity index (χ1n) is 10.8. The number of carbonyl (C=O) groups is 1. The van der Waals surface area contributed by atoms with Gasteiger partial charge >= 0.3 is 0 Å². The summed E-state index contributed by atoms with van der Waals surface area (Å²) in [6.45, 7) is 6.39. The minimum Gasteiger partial charge on any atom is -0.484 e. The molecule has 6 nitrogen and oxygen atoms in total. The number of benzene rings is 1. The quantitative estimate of drug-likeness (QED) is 0.772. The number of amides is 1. The molecule has 6 heteroatoms. The highest BCUT2D eigenvalue weighted by Crippen LogP contribution is 2.27. The van der Waals surface area contributed by atoms with Crippen LogP contribution in [0.15, 0.2) is 24.3 Å². The molecule has 2 atom stereocenters. The van der Waals surface area contributed by atoms with Gasteiger partial charge in [0.05, 0.1) is 0 Å². The van der Waals surface area contributed by atoms with E-state index in [4.69, 9.17) is 4.74 Å². The minimum atomic E-state index is 0.0860. The van der Waals surface area contributed by atoms with Crippen molar-refractivity contribution in [3.63, 3.8) is 0 Å². The number of hydrogen-bond acceptors (Lipinski definition) is 5. The summed E-state index contributed by atoms with van der Waals surface area (Å²) in [6, 6.07) is 9.25. The molecule has 1 aromatic rings. The molecule has 0 spiro atoms. The van der Waals surface area contributed by atoms with Crippen molar-refractivity contribution in [3.05, 3.63) is 29.8 Å². The van der Waals surface area contributed by atoms with E-state index in [2.05, 4.69) is 21.9 Å². The van der Waals surface area contributed by atoms with Gasteiger partial charge < -0.3 is 14.7 Å². The second kappa shape index (κ2) is 9.25. The lowest BCUT2D eigenvalue weighted by molar-refractivity contribution is -0.132. The fraction of sp³-hybridized carbons (Fsp3) is 0.682. The molecular formula is C22H33N3O3. The van der Waals surface area contributed by atoms with Crippen LogP contribution < -0.4 is 4.74 Å². The van der Waals surface area contributed by atoms with E-state index in [-0.39, 0.29) is 19.1 Å². The third-order valence-corrected chi connectivity index (χ3v) is 6.50. The molecule has 1 aromatic carbocycles. The molecule has 0 unspecified atom stereocenters. The van der Waals surface area contributed by atoms with E-state index in [1.165, 1.54) is 24.9 Å². The second-order valence-corrected chi connectivity index (χ2v) is 8.41. The molecule has 3 aliphatic heterocycles. The predicted octanol–water partition coefficient (Wildman–Crippen LogP) is 1.72. The standard InChI is InChI=1S/C22H33N3O3/c26-13-9-20-15-24-12-3-4-19(24)16-25(20)14-18-5-7-21(8-6-18)28-17-22(27)23-10-1-2-11-23/h5-8,19-20,26H,1-4,9-17H2/t19-,20-/m0/s1. The Kier molecular flexibility index (Phi) is 6.50. The van der Waals surface area contributed by atoms with Crippen molar-refractivity contribution in [3.8, 4) is 5.75 Å². The van der Waals surface area contributed by atoms with Gasteiger partial charge in [-0.05, 0) is 56.3 Å². The van der Waals surface area contributed by atoms with Gasteiger partial charge in [-0.1, -0.05) is 12.1 Å². The summed E-state index contributed by atoms with van der Waals surface area (Å²) in [7, 11) is 0. The summed E-state index contributed by atoms with van der Waals surface area (Å²) >= 11 is 0. The van der Waals surface area contributed by atoms with Crippen LogP contribution in [-0.4, -0.2) is 83.7 Å². The van der Waals surface area contributed by atoms with Crippen LogP contribution in [-0.2, 0) is 11.3 Å². The fourth-order valence-electron chi connectivity index (χ4n) is 4.89. The van der Waals surface area contributed by atoms with Gasteiger partial charge in [-0.3, -0.25) is 14.6 Å². The van der Waals surface area contributed by atoms with Gasteiger partial charge in [0, 0.05) is 51.4 Å². The predicted molar refractivity (Wildman–Crippen MR) is 108 cm³/mol. The van der Waals surface area contributed by atoms with Crippen molar-refractivity contribution in [2.45, 2.75) is 50.7 Å². The number of carbonyl (C=O) groups excluding carboxylic acids is 1. The third kappa shape index (κ3) is 4.67. The summed E-state index contributed by atoms with van der Waals surface area (Å²) < 4.78 is 5.70. The van der Waals surface area contributed by atoms with Crippen LogP contribution in [0.5, 0.6) is 5.75 Å². The van der Waals surface area contributed by atoms with E-state index in [1.807, 2.05) is 17.0 Å². The monoisotopic (exact) mass is 387 g/mol. The molecule has 3 saturated heterocycles. The van der Waals surface area contributed by atoms with Gasteiger partial charge in [0.1, 0.15) is 5.75 Å². The molecule has 0 bridgehead atoms. The number of rotatable bonds is 7. The molecule has 1 amide bonds. The average Bonchev–Trinajstić information content (AvgIpc) is 3.39. The van der Waals surface area contributed by atoms with Gasteiger partial charge in [0.25, 0.3) is 5.91 Å². The number of fused-ring (bicyclic) bond motifs is 1. The number of nitrogens with zero attached hydrogens (tertiary/aromatic N) is 3. The SMILES string of the molecule is O=C(COc1ccc(CN2C[C@@H]3CCCN3C[C@@H]2CCO)cc1)N1CCCC1. The Hall–Kier alpha value is -1.63. The van der Waals surface area contributed by atoms with Gasteiger partial charge in [0.2, 0.25) is 0 Å². The van der Waals surface area contributed by atoms with E-state index in [0.717, 1.165) is 57.7 Å². The Labute approximate surface area is 168 Å². The molecule has 0 aromatic heterocycles. The number of likely N-dealkylation sites (tertiary alicyclic amines) is 1. The number of aliphatic hydroxyl groups excluding tert-OH is 1. The van der Waals surface area contributed by atoms with Crippen molar-refractivity contribution in [2.75, 3.05) is 45.9 Å². The molecule has 0 radical (unpaired) electrons. The maximum absolute atomic E-state index is 12.1. The highest BCUT2D eigenvalue weighted by Gasteiger charge is 2.35. The van der Waals surface area contributed by atoms with Gasteiger partial charge in [0.15, 0.2) is 6.61 Å². The molecule has 3 heterocycles. The molecule has 3 aliphatic rings. The van der Waals surface area contributed by atoms with Crippen LogP contribution in [0.3, 0.4) is 0 Å². The van der Waals surface area contributed by atoms with Crippen molar-refractivity contribution in [2.24, 2.45) is 0 Å². The Morgan fingerprint density at radius 2 is 1.86 bits per heavy atom. The lowest BCUT2D eigenvalue weighted by Gasteiger charge is -2.43. The zero-order valence-electron chi connectivity index (χ0n) is 16.8. The number of piperazine rings is 1. The van der Waals surface area contributed by atoms with Crippen LogP contribution in [0.2, 0.25) is 0 Å². The zero-order valence-corrected chi connectivity index (χ0v) is 16.8. The summed E-state index contributed by atoms with van der Waals surface area (Å²) in [5.74, 6) is 0.840. The molecule has 0 saturated carbocycles. The van der Waals surface area contributed by atoms with Crippen LogP contribution in [0.1, 0.15) is 37.7 Å². The van der Waals surface area contributed by atoms with E-state index < -0.39 is 0 Å². The fourth-order valence-corrected chi connectivity index (χ4v) is 4.89. The molecular weight excluding hydrogens is 354 g/mol. The number of aliphatic hydroxyl groups is 1. The van der Waals surface area contributed by atoms with E-state index in [0.29, 0.717) is 12.1 Å². The van der Waals surface area contributed by atoms with Crippen molar-refractivity contribution < 1.29 is 14.6 Å². The lowest BCUT2D eigenvalue weighted by atomic mass is 10.0. The highest BCUT2D eigenvalue weighted by molar-refractivity contribution is 5.78. The molecule has 154 valence electrons. The van der Waals surface area contributed by atoms with Gasteiger partial charge in [-0.2, -0.15) is 0 Å². The van der Waals surface area contributed by atoms with Crippen LogP contribution in [0, 0.1) is 0 Å². The number of ether oxygens (including phenoxy) is 1. The maximum Gasteiger partial charge on any atom is 0.260 e. The first-order chi connectivity index (χ1) is 13.7. The topological polar surface area (TPSA) is 56.3 Å². The largest absolute Gasteiger partial charge is 0.484 e. The Morgan fingerprint density at radius 1 is 1.07 bits per heavy atom. The highest BCUT2D eigenvalue weighted by atomic mass is 16.5. The summed E-state index contributed by atoms with van der Waals surface area (Å²) in [5.41, 5.74) is 1.26. The molecule has 28 heavy (non-hydrogen) atoms. The summed E-state index contributed by atoms with van der Waals surface area (Å²) in [6.07, 6.45) is 5.63. The average molecular weight is 388 g/mol. The number of hydrogen-bond donors (Lipinski definition) is 1. The normalized spacial score (nSPS) is 25.8. The summed E-state index contributed by atoms with van der Waals surface area (Å²) in [5, 5.41) is 9.47. The van der Waals surface area contributed by atoms with E-state index >= 15 is 0 Å². The van der Waals surface area contributed by atoms with Gasteiger partial charge in [-0.25, -0.2) is 0 Å². The Bertz CT molecular complexity index is 645. The molecule has 0 aliphatic carbocycles. The second-order valence-electron chi connectivity index (χ2n) is 8.41. The van der Waals surface area contributed by atoms with Crippen LogP contribution >= 0.6 is 0 Å². The Morgan fingerprint density at radius 3 is 2.61 bits per heavy atom. The third-order valence-electron chi connectivity index (χ3n) is 6.50. The first kappa shape index (κ1) is 19.7. The zero-order chi connectivity index (χ0) is 19.3. The smallest absolute Gasteiger partial charge is 0.260 e. The Balaban J connectivity index is 1.31. The molecule has 4 rings (SSSR count). The molecule has 1 N–H and O–H groups in total. The van der Waals surface area contributed by atoms with Crippen molar-refractivity contribution >= 4 is 5.91 Å². The van der Waals surface area contributed by atoms with Crippen molar-refractivity contribution in [1.82, 2.24) is 14.7 Å². The van der Waals surface area contributed by atoms with Crippen molar-refractivity contribution in [1.29, 1.82) is 0 Å². The van der Waals surface area contributed by atoms with Crippen LogP contribution in [0.4, 0.5) is 0 Å². The lowest BCUT2D eigenvalue weighted by Crippen LogP contribution is -2.55. The first-order valence-corrected chi connectivity index (χ1v) is 10.8. The van der Waals surface area contributed by atoms with Gasteiger partial charge in [-0.15, -0.1) is 0 Å². The molecule has 3 fully saturated rings. The van der Waals surface area contributed by atoms with Crippen LogP contribution in [0.25, 0.3) is 0 Å². The van der Waals surface area contributed by atoms with E-state index in [9.17, 15) is 9.90 Å². The maximum atomic E-state index is 12.1. The minimum absolute atomic E-state index is 0.0860. The summed E-state index contributed by atoms with van der Waals surface area (Å²) in [4.78, 5) is 19.1.